The molecule has 0 fully saturated rings. The molecule has 0 spiro atoms. The van der Waals surface area contributed by atoms with Crippen LogP contribution in [0.3, 0.4) is 0 Å². The van der Waals surface area contributed by atoms with Gasteiger partial charge in [-0.25, -0.2) is 0 Å². The fourth-order valence-corrected chi connectivity index (χ4v) is 0. The topological polar surface area (TPSA) is 0 Å². The zero-order valence-electron chi connectivity index (χ0n) is 1.90. The third kappa shape index (κ3) is 8.89. The van der Waals surface area contributed by atoms with Gasteiger partial charge in [-0.2, -0.15) is 0 Å². The molecule has 0 bridgehead atoms. The number of rotatable bonds is 0. The van der Waals surface area contributed by atoms with Crippen molar-refractivity contribution in [3.63, 3.8) is 0 Å². The molecule has 9 radical (unpaired) electrons. The second-order valence-electron chi connectivity index (χ2n) is 0. The molecule has 0 rings (SSSR count). The largest absolute Gasteiger partial charge is 0 e. The first kappa shape index (κ1) is 28.1. The van der Waals surface area contributed by atoms with E-state index in [0.717, 1.165) is 0 Å². The molecule has 0 atom stereocenters. The molecule has 0 aromatic rings. The summed E-state index contributed by atoms with van der Waals surface area (Å²) in [6, 6.07) is 0. The number of hydrogen-bond acceptors (Lipinski definition) is 0. The van der Waals surface area contributed by atoms with E-state index in [1.807, 2.05) is 0 Å². The third-order valence-corrected chi connectivity index (χ3v) is 0. The molecule has 0 aromatic heterocycles. The maximum absolute atomic E-state index is 0. The fourth-order valence-electron chi connectivity index (χ4n) is 0. The molecule has 0 unspecified atom stereocenters. The molecule has 0 heterocycles. The second-order valence-corrected chi connectivity index (χ2v) is 0. The van der Waals surface area contributed by atoms with E-state index in [9.17, 15) is 0 Å². The predicted molar refractivity (Wildman–Crippen MR) is 17.3 cm³/mol. The van der Waals surface area contributed by atoms with E-state index in [-0.39, 0.29) is 90.8 Å². The maximum atomic E-state index is 0. The SMILES string of the molecule is [Bi].[Cu].[Mg].[Sb]. The van der Waals surface area contributed by atoms with Crippen LogP contribution in [0.1, 0.15) is 0 Å². The first-order valence-corrected chi connectivity index (χ1v) is 0. The molecule has 0 amide bonds. The molecule has 0 aliphatic carbocycles. The van der Waals surface area contributed by atoms with Crippen LogP contribution < -0.4 is 0 Å². The standard InChI is InChI=1S/Bi.Cu.Mg.Sb. The summed E-state index contributed by atoms with van der Waals surface area (Å²) in [5.74, 6) is 0. The van der Waals surface area contributed by atoms with E-state index in [1.54, 1.807) is 0 Å². The van der Waals surface area contributed by atoms with Crippen molar-refractivity contribution in [3.05, 3.63) is 0 Å². The molecule has 0 aliphatic rings. The van der Waals surface area contributed by atoms with Gasteiger partial charge in [-0.15, -0.1) is 0 Å². The molecule has 0 N–H and O–H groups in total. The van der Waals surface area contributed by atoms with Crippen LogP contribution in [-0.2, 0) is 17.1 Å². The van der Waals surface area contributed by atoms with Crippen molar-refractivity contribution in [1.29, 1.82) is 0 Å². The van der Waals surface area contributed by atoms with Crippen molar-refractivity contribution in [2.45, 2.75) is 0 Å². The molecule has 0 nitrogen and oxygen atoms in total. The van der Waals surface area contributed by atoms with Crippen molar-refractivity contribution in [1.82, 2.24) is 0 Å². The zero-order valence-corrected chi connectivity index (χ0v) is 10.3. The number of hydrogen-bond donors (Lipinski definition) is 0. The van der Waals surface area contributed by atoms with Gasteiger partial charge in [0.2, 0.25) is 0 Å². The molecule has 0 aromatic carbocycles. The summed E-state index contributed by atoms with van der Waals surface area (Å²) in [6.07, 6.45) is 0. The molecular formula is BiCuMgSb. The molecule has 4 heavy (non-hydrogen) atoms. The van der Waals surface area contributed by atoms with Crippen LogP contribution in [0.5, 0.6) is 0 Å². The summed E-state index contributed by atoms with van der Waals surface area (Å²) in [6.45, 7) is 0. The summed E-state index contributed by atoms with van der Waals surface area (Å²) in [7, 11) is 0. The predicted octanol–water partition coefficient (Wildman–Crippen LogP) is -1.14. The Morgan fingerprint density at radius 2 is 1.00 bits per heavy atom. The van der Waals surface area contributed by atoms with E-state index in [4.69, 9.17) is 0 Å². The van der Waals surface area contributed by atoms with Crippen LogP contribution in [0.25, 0.3) is 0 Å². The molecule has 0 saturated heterocycles. The zero-order chi connectivity index (χ0) is 0. The van der Waals surface area contributed by atoms with Crippen molar-refractivity contribution < 1.29 is 17.1 Å². The Labute approximate surface area is 89.1 Å². The minimum Gasteiger partial charge on any atom is 0 e. The van der Waals surface area contributed by atoms with E-state index in [1.165, 1.54) is 0 Å². The Kier molecular flexibility index (Phi) is 117. The fraction of sp³-hybridized carbons (Fsp3) is 0. The summed E-state index contributed by atoms with van der Waals surface area (Å²) in [4.78, 5) is 0. The first-order chi connectivity index (χ1) is 0. The summed E-state index contributed by atoms with van der Waals surface area (Å²) in [5, 5.41) is 0. The van der Waals surface area contributed by atoms with Gasteiger partial charge in [-0.05, 0) is 0 Å². The van der Waals surface area contributed by atoms with Gasteiger partial charge in [0.15, 0.2) is 0 Å². The first-order valence-electron chi connectivity index (χ1n) is 0. The van der Waals surface area contributed by atoms with Crippen molar-refractivity contribution in [2.75, 3.05) is 0 Å². The Bertz CT molecular complexity index is 8.00. The van der Waals surface area contributed by atoms with Crippen LogP contribution in [0.15, 0.2) is 0 Å². The maximum Gasteiger partial charge on any atom is 0 e. The van der Waals surface area contributed by atoms with E-state index in [2.05, 4.69) is 0 Å². The average Bonchev–Trinajstić information content (AvgIpc) is 0. The Morgan fingerprint density at radius 3 is 1.00 bits per heavy atom. The third-order valence-electron chi connectivity index (χ3n) is 0. The molecule has 23 valence electrons. The van der Waals surface area contributed by atoms with Gasteiger partial charge in [-0.1, -0.05) is 0 Å². The van der Waals surface area contributed by atoms with Crippen molar-refractivity contribution in [3.8, 4) is 0 Å². The van der Waals surface area contributed by atoms with Crippen LogP contribution in [0.4, 0.5) is 0 Å². The van der Waals surface area contributed by atoms with Crippen LogP contribution >= 0.6 is 0 Å². The van der Waals surface area contributed by atoms with Gasteiger partial charge in [0.25, 0.3) is 0 Å². The minimum absolute atomic E-state index is 0. The van der Waals surface area contributed by atoms with E-state index < -0.39 is 0 Å². The summed E-state index contributed by atoms with van der Waals surface area (Å²) >= 11 is 0. The van der Waals surface area contributed by atoms with Gasteiger partial charge in [0.05, 0.1) is 0 Å². The van der Waals surface area contributed by atoms with E-state index >= 15 is 0 Å². The van der Waals surface area contributed by atoms with Crippen molar-refractivity contribution in [2.24, 2.45) is 0 Å². The quantitative estimate of drug-likeness (QED) is 0.436. The normalized spacial score (nSPS) is 0. The summed E-state index contributed by atoms with van der Waals surface area (Å²) < 4.78 is 0. The Balaban J connectivity index is 0. The molecule has 0 saturated carbocycles. The van der Waals surface area contributed by atoms with E-state index in [0.29, 0.717) is 0 Å². The molecule has 4 heteroatoms. The molecular weight excluding hydrogens is 419 g/mol. The smallest absolute Gasteiger partial charge is 0 e. The van der Waals surface area contributed by atoms with Crippen LogP contribution in [0.2, 0.25) is 0 Å². The van der Waals surface area contributed by atoms with Crippen LogP contribution in [0, 0.1) is 0 Å². The summed E-state index contributed by atoms with van der Waals surface area (Å²) in [5.41, 5.74) is 0. The Hall–Kier alpha value is 2.99. The minimum atomic E-state index is 0. The van der Waals surface area contributed by atoms with Gasteiger partial charge >= 0.3 is 0 Å². The average molecular weight is 419 g/mol. The second kappa shape index (κ2) is 16.7. The van der Waals surface area contributed by atoms with Gasteiger partial charge in [0, 0.05) is 90.8 Å². The van der Waals surface area contributed by atoms with Gasteiger partial charge in [0.1, 0.15) is 0 Å². The van der Waals surface area contributed by atoms with Gasteiger partial charge in [-0.3, -0.25) is 0 Å². The molecule has 0 aliphatic heterocycles. The monoisotopic (exact) mass is 417 g/mol. The van der Waals surface area contributed by atoms with Crippen LogP contribution in [-0.4, -0.2) is 73.7 Å². The van der Waals surface area contributed by atoms with Gasteiger partial charge < -0.3 is 0 Å². The van der Waals surface area contributed by atoms with Crippen molar-refractivity contribution >= 4 is 73.7 Å². The Morgan fingerprint density at radius 1 is 1.00 bits per heavy atom.